The van der Waals surface area contributed by atoms with Crippen molar-refractivity contribution >= 4 is 15.6 Å². The van der Waals surface area contributed by atoms with Crippen molar-refractivity contribution in [2.45, 2.75) is 24.8 Å². The highest BCUT2D eigenvalue weighted by Crippen LogP contribution is 2.28. The Morgan fingerprint density at radius 1 is 1.38 bits per heavy atom. The number of piperidine rings is 1. The first kappa shape index (κ1) is 9.15. The van der Waals surface area contributed by atoms with Gasteiger partial charge in [0.2, 0.25) is 0 Å². The largest absolute Gasteiger partial charge is 0.304 e. The van der Waals surface area contributed by atoms with Crippen molar-refractivity contribution in [2.75, 3.05) is 18.1 Å². The number of ketones is 1. The van der Waals surface area contributed by atoms with Gasteiger partial charge >= 0.3 is 0 Å². The van der Waals surface area contributed by atoms with E-state index in [1.54, 1.807) is 0 Å². The van der Waals surface area contributed by atoms with Gasteiger partial charge in [0.05, 0.1) is 17.0 Å². The maximum absolute atomic E-state index is 11.6. The fourth-order valence-corrected chi connectivity index (χ4v) is 4.09. The van der Waals surface area contributed by atoms with Gasteiger partial charge in [-0.25, -0.2) is 8.42 Å². The topological polar surface area (TPSA) is 63.2 Å². The highest BCUT2D eigenvalue weighted by Gasteiger charge is 2.48. The van der Waals surface area contributed by atoms with E-state index in [0.29, 0.717) is 12.8 Å². The van der Waals surface area contributed by atoms with E-state index in [9.17, 15) is 13.2 Å². The lowest BCUT2D eigenvalue weighted by Gasteiger charge is -2.31. The average molecular weight is 203 g/mol. The van der Waals surface area contributed by atoms with Crippen LogP contribution < -0.4 is 5.32 Å². The summed E-state index contributed by atoms with van der Waals surface area (Å²) in [6.45, 7) is 0.765. The Morgan fingerprint density at radius 3 is 2.69 bits per heavy atom. The Balaban J connectivity index is 2.26. The van der Waals surface area contributed by atoms with Gasteiger partial charge < -0.3 is 5.32 Å². The van der Waals surface area contributed by atoms with Crippen LogP contribution in [0.1, 0.15) is 19.3 Å². The lowest BCUT2D eigenvalue weighted by Crippen LogP contribution is -2.56. The molecule has 1 N–H and O–H groups in total. The lowest BCUT2D eigenvalue weighted by atomic mass is 9.87. The van der Waals surface area contributed by atoms with E-state index in [1.165, 1.54) is 0 Å². The van der Waals surface area contributed by atoms with Crippen LogP contribution in [0.2, 0.25) is 0 Å². The van der Waals surface area contributed by atoms with Gasteiger partial charge in [0.1, 0.15) is 0 Å². The van der Waals surface area contributed by atoms with Crippen LogP contribution in [0.25, 0.3) is 0 Å². The van der Waals surface area contributed by atoms with Crippen LogP contribution in [0.5, 0.6) is 0 Å². The van der Waals surface area contributed by atoms with Crippen LogP contribution in [0.4, 0.5) is 0 Å². The second kappa shape index (κ2) is 2.78. The minimum atomic E-state index is -2.97. The molecule has 0 saturated carbocycles. The van der Waals surface area contributed by atoms with E-state index in [-0.39, 0.29) is 17.3 Å². The van der Waals surface area contributed by atoms with Crippen molar-refractivity contribution in [1.29, 1.82) is 0 Å². The van der Waals surface area contributed by atoms with E-state index >= 15 is 0 Å². The molecule has 0 amide bonds. The number of nitrogens with one attached hydrogen (secondary N) is 1. The summed E-state index contributed by atoms with van der Waals surface area (Å²) in [6.07, 6.45) is 1.83. The number of hydrogen-bond donors (Lipinski definition) is 1. The average Bonchev–Trinajstić information content (AvgIpc) is 2.35. The predicted molar refractivity (Wildman–Crippen MR) is 48.2 cm³/mol. The maximum atomic E-state index is 11.6. The third-order valence-corrected chi connectivity index (χ3v) is 4.64. The zero-order valence-electron chi connectivity index (χ0n) is 7.38. The molecule has 2 heterocycles. The van der Waals surface area contributed by atoms with Gasteiger partial charge in [-0.2, -0.15) is 0 Å². The summed E-state index contributed by atoms with van der Waals surface area (Å²) in [5.41, 5.74) is -0.711. The fraction of sp³-hybridized carbons (Fsp3) is 0.875. The van der Waals surface area contributed by atoms with E-state index in [4.69, 9.17) is 0 Å². The number of carbonyl (C=O) groups is 1. The Bertz CT molecular complexity index is 335. The summed E-state index contributed by atoms with van der Waals surface area (Å²) in [4.78, 5) is 11.6. The molecule has 2 rings (SSSR count). The molecule has 0 bridgehead atoms. The normalized spacial score (nSPS) is 38.3. The third kappa shape index (κ3) is 1.50. The van der Waals surface area contributed by atoms with Crippen molar-refractivity contribution in [3.8, 4) is 0 Å². The first-order valence-electron chi connectivity index (χ1n) is 4.53. The number of carbonyl (C=O) groups excluding carboxylic acids is 1. The second-order valence-corrected chi connectivity index (χ2v) is 6.06. The number of Topliss-reactive ketones (excluding diaryl/α,β-unsaturated/α-hetero) is 1. The molecule has 2 aliphatic rings. The van der Waals surface area contributed by atoms with Gasteiger partial charge in [-0.05, 0) is 19.4 Å². The van der Waals surface area contributed by atoms with E-state index in [0.717, 1.165) is 13.0 Å². The fourth-order valence-electron chi connectivity index (χ4n) is 2.12. The number of rotatable bonds is 0. The van der Waals surface area contributed by atoms with Gasteiger partial charge in [-0.3, -0.25) is 4.79 Å². The predicted octanol–water partition coefficient (Wildman–Crippen LogP) is -0.504. The molecule has 1 unspecified atom stereocenters. The van der Waals surface area contributed by atoms with Crippen molar-refractivity contribution in [1.82, 2.24) is 5.32 Å². The van der Waals surface area contributed by atoms with Gasteiger partial charge in [0.25, 0.3) is 0 Å². The highest BCUT2D eigenvalue weighted by molar-refractivity contribution is 7.91. The quantitative estimate of drug-likeness (QED) is 0.576. The molecule has 2 saturated heterocycles. The standard InChI is InChI=1S/C8H13NO3S/c10-7-2-1-4-9-8(7)3-5-13(11,12)6-8/h9H,1-6H2. The molecule has 0 aromatic heterocycles. The van der Waals surface area contributed by atoms with Crippen molar-refractivity contribution in [3.05, 3.63) is 0 Å². The van der Waals surface area contributed by atoms with Gasteiger partial charge in [0.15, 0.2) is 15.6 Å². The van der Waals surface area contributed by atoms with Crippen LogP contribution in [-0.2, 0) is 14.6 Å². The van der Waals surface area contributed by atoms with E-state index in [2.05, 4.69) is 5.32 Å². The van der Waals surface area contributed by atoms with Crippen LogP contribution in [0.15, 0.2) is 0 Å². The molecule has 13 heavy (non-hydrogen) atoms. The number of sulfone groups is 1. The summed E-state index contributed by atoms with van der Waals surface area (Å²) < 4.78 is 22.5. The molecule has 1 spiro atoms. The summed E-state index contributed by atoms with van der Waals surface area (Å²) in [5.74, 6) is 0.254. The Hall–Kier alpha value is -0.420. The SMILES string of the molecule is O=C1CCCNC12CCS(=O)(=O)C2. The molecule has 0 radical (unpaired) electrons. The first-order chi connectivity index (χ1) is 6.04. The van der Waals surface area contributed by atoms with Crippen molar-refractivity contribution < 1.29 is 13.2 Å². The minimum absolute atomic E-state index is 0.0127. The Kier molecular flexibility index (Phi) is 1.96. The van der Waals surface area contributed by atoms with Crippen molar-refractivity contribution in [3.63, 3.8) is 0 Å². The summed E-state index contributed by atoms with van der Waals surface area (Å²) in [5, 5.41) is 3.07. The van der Waals surface area contributed by atoms with Crippen molar-refractivity contribution in [2.24, 2.45) is 0 Å². The molecule has 2 aliphatic heterocycles. The van der Waals surface area contributed by atoms with Crippen LogP contribution in [0.3, 0.4) is 0 Å². The minimum Gasteiger partial charge on any atom is -0.304 e. The molecule has 1 atom stereocenters. The molecule has 0 aromatic rings. The summed E-state index contributed by atoms with van der Waals surface area (Å²) in [6, 6.07) is 0. The molecular formula is C8H13NO3S. The maximum Gasteiger partial charge on any atom is 0.153 e. The molecule has 0 aliphatic carbocycles. The molecular weight excluding hydrogens is 190 g/mol. The van der Waals surface area contributed by atoms with E-state index < -0.39 is 15.4 Å². The Labute approximate surface area is 77.6 Å². The van der Waals surface area contributed by atoms with Gasteiger partial charge in [-0.15, -0.1) is 0 Å². The zero-order chi connectivity index (χ0) is 9.53. The molecule has 74 valence electrons. The van der Waals surface area contributed by atoms with Gasteiger partial charge in [-0.1, -0.05) is 0 Å². The Morgan fingerprint density at radius 2 is 2.15 bits per heavy atom. The third-order valence-electron chi connectivity index (χ3n) is 2.88. The van der Waals surface area contributed by atoms with Gasteiger partial charge in [0, 0.05) is 6.42 Å². The smallest absolute Gasteiger partial charge is 0.153 e. The second-order valence-electron chi connectivity index (χ2n) is 3.88. The molecule has 2 fully saturated rings. The highest BCUT2D eigenvalue weighted by atomic mass is 32.2. The van der Waals surface area contributed by atoms with Crippen LogP contribution >= 0.6 is 0 Å². The molecule has 0 aromatic carbocycles. The zero-order valence-corrected chi connectivity index (χ0v) is 8.19. The molecule has 5 heteroatoms. The number of hydrogen-bond acceptors (Lipinski definition) is 4. The summed E-state index contributed by atoms with van der Waals surface area (Å²) >= 11 is 0. The first-order valence-corrected chi connectivity index (χ1v) is 6.35. The lowest BCUT2D eigenvalue weighted by molar-refractivity contribution is -0.126. The van der Waals surface area contributed by atoms with E-state index in [1.807, 2.05) is 0 Å². The van der Waals surface area contributed by atoms with Crippen LogP contribution in [0, 0.1) is 0 Å². The monoisotopic (exact) mass is 203 g/mol. The summed E-state index contributed by atoms with van der Waals surface area (Å²) in [7, 11) is -2.97. The molecule has 4 nitrogen and oxygen atoms in total. The van der Waals surface area contributed by atoms with Crippen LogP contribution in [-0.4, -0.2) is 37.8 Å².